The predicted molar refractivity (Wildman–Crippen MR) is 178 cm³/mol. The second-order valence-electron chi connectivity index (χ2n) is 12.9. The van der Waals surface area contributed by atoms with Crippen LogP contribution >= 0.6 is 0 Å². The van der Waals surface area contributed by atoms with Crippen molar-refractivity contribution in [1.29, 1.82) is 0 Å². The molecule has 8 rings (SSSR count). The molecule has 0 radical (unpaired) electrons. The molecule has 0 N–H and O–H groups in total. The third kappa shape index (κ3) is 4.06. The van der Waals surface area contributed by atoms with Gasteiger partial charge in [-0.15, -0.1) is 0 Å². The summed E-state index contributed by atoms with van der Waals surface area (Å²) < 4.78 is 0. The van der Waals surface area contributed by atoms with Gasteiger partial charge in [-0.3, -0.25) is 0 Å². The number of hydrogen-bond acceptors (Lipinski definition) is 1. The highest BCUT2D eigenvalue weighted by molar-refractivity contribution is 5.93. The summed E-state index contributed by atoms with van der Waals surface area (Å²) in [7, 11) is 0. The number of fused-ring (bicyclic) bond motifs is 5. The summed E-state index contributed by atoms with van der Waals surface area (Å²) in [5.41, 5.74) is 15.8. The second-order valence-corrected chi connectivity index (χ2v) is 12.9. The Balaban J connectivity index is 1.07. The van der Waals surface area contributed by atoms with E-state index in [1.54, 1.807) is 16.7 Å². The summed E-state index contributed by atoms with van der Waals surface area (Å²) in [6.45, 7) is 4.93. The van der Waals surface area contributed by atoms with Gasteiger partial charge >= 0.3 is 0 Å². The Bertz CT molecular complexity index is 1780. The Morgan fingerprint density at radius 3 is 2.45 bits per heavy atom. The molecule has 0 saturated carbocycles. The molecule has 0 fully saturated rings. The summed E-state index contributed by atoms with van der Waals surface area (Å²) in [6, 6.07) is 29.3. The molecule has 3 aromatic rings. The van der Waals surface area contributed by atoms with Gasteiger partial charge in [0.15, 0.2) is 0 Å². The molecule has 42 heavy (non-hydrogen) atoms. The summed E-state index contributed by atoms with van der Waals surface area (Å²) in [5.74, 6) is 0.544. The first-order chi connectivity index (χ1) is 20.6. The quantitative estimate of drug-likeness (QED) is 0.316. The van der Waals surface area contributed by atoms with Gasteiger partial charge in [-0.1, -0.05) is 123 Å². The van der Waals surface area contributed by atoms with Crippen LogP contribution in [0.1, 0.15) is 56.2 Å². The molecule has 1 nitrogen and oxygen atoms in total. The smallest absolute Gasteiger partial charge is 0.0632 e. The van der Waals surface area contributed by atoms with E-state index in [0.29, 0.717) is 12.0 Å². The van der Waals surface area contributed by atoms with Crippen LogP contribution in [0.25, 0.3) is 17.2 Å². The molecule has 1 heteroatoms. The van der Waals surface area contributed by atoms with E-state index in [2.05, 4.69) is 146 Å². The largest absolute Gasteiger partial charge is 0.333 e. The van der Waals surface area contributed by atoms with Crippen LogP contribution < -0.4 is 4.90 Å². The van der Waals surface area contributed by atoms with Crippen molar-refractivity contribution in [3.8, 4) is 0 Å². The van der Waals surface area contributed by atoms with Crippen LogP contribution in [-0.2, 0) is 0 Å². The fourth-order valence-electron chi connectivity index (χ4n) is 7.97. The minimum atomic E-state index is 0.128. The summed E-state index contributed by atoms with van der Waals surface area (Å²) in [4.78, 5) is 2.54. The summed E-state index contributed by atoms with van der Waals surface area (Å²) in [5, 5.41) is 0. The first kappa shape index (κ1) is 25.4. The molecule has 0 spiro atoms. The van der Waals surface area contributed by atoms with Gasteiger partial charge in [0.2, 0.25) is 0 Å². The highest BCUT2D eigenvalue weighted by Crippen LogP contribution is 2.58. The van der Waals surface area contributed by atoms with Gasteiger partial charge in [0.05, 0.1) is 6.04 Å². The van der Waals surface area contributed by atoms with Gasteiger partial charge in [0.1, 0.15) is 0 Å². The zero-order valence-electron chi connectivity index (χ0n) is 24.6. The van der Waals surface area contributed by atoms with Crippen molar-refractivity contribution in [1.82, 2.24) is 0 Å². The van der Waals surface area contributed by atoms with Gasteiger partial charge in [-0.25, -0.2) is 0 Å². The Labute approximate surface area is 250 Å². The standard InChI is InChI=1S/C41H37N/c1-41(2)37-26-29(17-16-28-10-4-3-5-11-28)18-24-33(37)34-25-21-31(27-38(34)41)30-19-22-32(23-20-30)42-39-14-8-6-12-35(39)36-13-7-9-15-40(36)42/h3-14,16-20,22-24,27,37,40H,15,21,25-26H2,1-2H3/b17-16+. The molecule has 5 aliphatic rings. The molecular weight excluding hydrogens is 506 g/mol. The monoisotopic (exact) mass is 543 g/mol. The average Bonchev–Trinajstić information content (AvgIpc) is 3.49. The predicted octanol–water partition coefficient (Wildman–Crippen LogP) is 10.6. The molecule has 0 saturated heterocycles. The minimum absolute atomic E-state index is 0.128. The van der Waals surface area contributed by atoms with Crippen LogP contribution in [0, 0.1) is 11.3 Å². The van der Waals surface area contributed by atoms with Crippen molar-refractivity contribution < 1.29 is 0 Å². The molecule has 0 bridgehead atoms. The molecular formula is C41H37N. The van der Waals surface area contributed by atoms with E-state index in [0.717, 1.165) is 25.7 Å². The fraction of sp³-hybridized carbons (Fsp3) is 0.220. The summed E-state index contributed by atoms with van der Waals surface area (Å²) in [6.07, 6.45) is 23.1. The normalized spacial score (nSPS) is 23.5. The van der Waals surface area contributed by atoms with E-state index >= 15 is 0 Å². The van der Waals surface area contributed by atoms with E-state index in [1.807, 2.05) is 0 Å². The Morgan fingerprint density at radius 2 is 1.60 bits per heavy atom. The van der Waals surface area contributed by atoms with Crippen molar-refractivity contribution in [3.63, 3.8) is 0 Å². The molecule has 1 aliphatic heterocycles. The second kappa shape index (κ2) is 9.88. The zero-order chi connectivity index (χ0) is 28.3. The van der Waals surface area contributed by atoms with Gasteiger partial charge in [-0.2, -0.15) is 0 Å². The Hall–Kier alpha value is -4.36. The SMILES string of the molecule is CC1(C)C2=C(CCC(c3ccc(N4c5ccccc5C5=CC=CCC54)cc3)=C2)C2=CC=C(/C=C/c3ccccc3)CC21. The number of para-hydroxylation sites is 1. The average molecular weight is 544 g/mol. The maximum atomic E-state index is 2.55. The van der Waals surface area contributed by atoms with Crippen LogP contribution in [0.4, 0.5) is 11.4 Å². The highest BCUT2D eigenvalue weighted by atomic mass is 15.2. The minimum Gasteiger partial charge on any atom is -0.333 e. The lowest BCUT2D eigenvalue weighted by atomic mass is 9.71. The van der Waals surface area contributed by atoms with Crippen LogP contribution in [0.3, 0.4) is 0 Å². The third-order valence-corrected chi connectivity index (χ3v) is 10.2. The van der Waals surface area contributed by atoms with Crippen LogP contribution in [0.15, 0.2) is 144 Å². The molecule has 3 aromatic carbocycles. The van der Waals surface area contributed by atoms with Crippen molar-refractivity contribution in [2.24, 2.45) is 11.3 Å². The Kier molecular flexibility index (Phi) is 5.96. The topological polar surface area (TPSA) is 3.24 Å². The van der Waals surface area contributed by atoms with Gasteiger partial charge < -0.3 is 4.90 Å². The van der Waals surface area contributed by atoms with Gasteiger partial charge in [0.25, 0.3) is 0 Å². The highest BCUT2D eigenvalue weighted by Gasteiger charge is 2.45. The number of allylic oxidation sites excluding steroid dienone is 11. The van der Waals surface area contributed by atoms with E-state index in [4.69, 9.17) is 0 Å². The summed E-state index contributed by atoms with van der Waals surface area (Å²) >= 11 is 0. The van der Waals surface area contributed by atoms with E-state index in [9.17, 15) is 0 Å². The molecule has 2 unspecified atom stereocenters. The zero-order valence-corrected chi connectivity index (χ0v) is 24.6. The maximum Gasteiger partial charge on any atom is 0.0632 e. The molecule has 1 heterocycles. The Morgan fingerprint density at radius 1 is 0.786 bits per heavy atom. The first-order valence-electron chi connectivity index (χ1n) is 15.5. The molecule has 0 aromatic heterocycles. The van der Waals surface area contributed by atoms with E-state index < -0.39 is 0 Å². The van der Waals surface area contributed by atoms with Gasteiger partial charge in [0, 0.05) is 16.9 Å². The number of benzene rings is 3. The van der Waals surface area contributed by atoms with Crippen LogP contribution in [0.2, 0.25) is 0 Å². The molecule has 206 valence electrons. The van der Waals surface area contributed by atoms with Crippen LogP contribution in [0.5, 0.6) is 0 Å². The van der Waals surface area contributed by atoms with Crippen molar-refractivity contribution >= 4 is 28.6 Å². The number of nitrogens with zero attached hydrogens (tertiary/aromatic N) is 1. The lowest BCUT2D eigenvalue weighted by Gasteiger charge is -2.32. The third-order valence-electron chi connectivity index (χ3n) is 10.2. The van der Waals surface area contributed by atoms with E-state index in [-0.39, 0.29) is 5.41 Å². The molecule has 0 amide bonds. The number of hydrogen-bond donors (Lipinski definition) is 0. The first-order valence-corrected chi connectivity index (χ1v) is 15.5. The molecule has 2 atom stereocenters. The van der Waals surface area contributed by atoms with Gasteiger partial charge in [-0.05, 0) is 99.8 Å². The lowest BCUT2D eigenvalue weighted by molar-refractivity contribution is 0.333. The molecule has 4 aliphatic carbocycles. The number of rotatable bonds is 4. The maximum absolute atomic E-state index is 2.55. The number of anilines is 2. The lowest BCUT2D eigenvalue weighted by Crippen LogP contribution is -2.27. The van der Waals surface area contributed by atoms with Crippen molar-refractivity contribution in [2.45, 2.75) is 45.6 Å². The van der Waals surface area contributed by atoms with Crippen molar-refractivity contribution in [3.05, 3.63) is 160 Å². The van der Waals surface area contributed by atoms with Crippen LogP contribution in [-0.4, -0.2) is 6.04 Å². The van der Waals surface area contributed by atoms with E-state index in [1.165, 1.54) is 44.8 Å². The fourth-order valence-corrected chi connectivity index (χ4v) is 7.97. The van der Waals surface area contributed by atoms with Crippen molar-refractivity contribution in [2.75, 3.05) is 4.90 Å².